The summed E-state index contributed by atoms with van der Waals surface area (Å²) in [5, 5.41) is 0. The van der Waals surface area contributed by atoms with Gasteiger partial charge in [0.25, 0.3) is 17.7 Å². The fourth-order valence-corrected chi connectivity index (χ4v) is 4.21. The zero-order valence-electron chi connectivity index (χ0n) is 15.5. The Balaban J connectivity index is 1.54. The van der Waals surface area contributed by atoms with E-state index in [1.807, 2.05) is 6.07 Å². The monoisotopic (exact) mass is 401 g/mol. The van der Waals surface area contributed by atoms with Crippen LogP contribution in [-0.4, -0.2) is 24.3 Å². The topological polar surface area (TPSA) is 111 Å². The molecule has 0 spiro atoms. The van der Waals surface area contributed by atoms with Gasteiger partial charge in [-0.3, -0.25) is 25.2 Å². The van der Waals surface area contributed by atoms with Gasteiger partial charge < -0.3 is 10.5 Å². The second-order valence-corrected chi connectivity index (χ2v) is 7.80. The lowest BCUT2D eigenvalue weighted by molar-refractivity contribution is -0.119. The minimum atomic E-state index is -0.578. The van der Waals surface area contributed by atoms with E-state index in [1.54, 1.807) is 12.1 Å². The normalized spacial score (nSPS) is 13.6. The van der Waals surface area contributed by atoms with Crippen LogP contribution in [0.3, 0.4) is 0 Å². The first-order valence-electron chi connectivity index (χ1n) is 9.26. The molecule has 1 aliphatic rings. The number of thiophene rings is 1. The Kier molecular flexibility index (Phi) is 6.65. The molecule has 0 aliphatic heterocycles. The smallest absolute Gasteiger partial charge is 0.279 e. The quantitative estimate of drug-likeness (QED) is 0.668. The van der Waals surface area contributed by atoms with E-state index >= 15 is 0 Å². The van der Waals surface area contributed by atoms with E-state index in [0.29, 0.717) is 16.2 Å². The summed E-state index contributed by atoms with van der Waals surface area (Å²) in [5.74, 6) is -0.905. The molecule has 0 bridgehead atoms. The van der Waals surface area contributed by atoms with E-state index in [4.69, 9.17) is 10.5 Å². The molecule has 0 saturated heterocycles. The SMILES string of the molecule is NC(=O)COc1ccc(C(=O)NNC(=O)c2cc3c(s2)CCCCCC3)cc1. The highest BCUT2D eigenvalue weighted by Gasteiger charge is 2.16. The Labute approximate surface area is 167 Å². The highest BCUT2D eigenvalue weighted by molar-refractivity contribution is 7.14. The molecular weight excluding hydrogens is 378 g/mol. The number of rotatable bonds is 5. The van der Waals surface area contributed by atoms with Crippen molar-refractivity contribution in [3.8, 4) is 5.75 Å². The van der Waals surface area contributed by atoms with Crippen LogP contribution in [0.2, 0.25) is 0 Å². The van der Waals surface area contributed by atoms with Gasteiger partial charge in [-0.25, -0.2) is 0 Å². The van der Waals surface area contributed by atoms with E-state index in [0.717, 1.165) is 25.7 Å². The first kappa shape index (κ1) is 19.9. The van der Waals surface area contributed by atoms with Gasteiger partial charge in [-0.2, -0.15) is 0 Å². The fraction of sp³-hybridized carbons (Fsp3) is 0.350. The maximum Gasteiger partial charge on any atom is 0.279 e. The van der Waals surface area contributed by atoms with Crippen molar-refractivity contribution in [2.45, 2.75) is 38.5 Å². The number of benzene rings is 1. The van der Waals surface area contributed by atoms with Crippen LogP contribution in [0.5, 0.6) is 5.75 Å². The fourth-order valence-electron chi connectivity index (χ4n) is 3.06. The van der Waals surface area contributed by atoms with E-state index in [1.165, 1.54) is 46.8 Å². The summed E-state index contributed by atoms with van der Waals surface area (Å²) in [6.45, 7) is -0.230. The Morgan fingerprint density at radius 1 is 0.964 bits per heavy atom. The molecule has 28 heavy (non-hydrogen) atoms. The van der Waals surface area contributed by atoms with Gasteiger partial charge in [0.1, 0.15) is 5.75 Å². The molecule has 4 N–H and O–H groups in total. The summed E-state index contributed by atoms with van der Waals surface area (Å²) >= 11 is 1.51. The Bertz CT molecular complexity index is 835. The zero-order chi connectivity index (χ0) is 19.9. The maximum atomic E-state index is 12.4. The molecule has 3 rings (SSSR count). The third kappa shape index (κ3) is 5.32. The molecule has 148 valence electrons. The van der Waals surface area contributed by atoms with Crippen molar-refractivity contribution in [2.24, 2.45) is 5.73 Å². The van der Waals surface area contributed by atoms with Gasteiger partial charge in [-0.1, -0.05) is 12.8 Å². The molecule has 0 unspecified atom stereocenters. The number of hydrazine groups is 1. The van der Waals surface area contributed by atoms with Crippen molar-refractivity contribution in [2.75, 3.05) is 6.61 Å². The van der Waals surface area contributed by atoms with Crippen molar-refractivity contribution in [1.29, 1.82) is 0 Å². The summed E-state index contributed by atoms with van der Waals surface area (Å²) in [6.07, 6.45) is 6.81. The largest absolute Gasteiger partial charge is 0.484 e. The Hall–Kier alpha value is -2.87. The summed E-state index contributed by atoms with van der Waals surface area (Å²) in [4.78, 5) is 37.2. The molecule has 3 amide bonds. The number of hydrogen-bond donors (Lipinski definition) is 3. The molecule has 0 fully saturated rings. The summed E-state index contributed by atoms with van der Waals surface area (Å²) in [6, 6.07) is 8.12. The predicted molar refractivity (Wildman–Crippen MR) is 106 cm³/mol. The number of amides is 3. The number of hydrogen-bond acceptors (Lipinski definition) is 5. The number of nitrogens with one attached hydrogen (secondary N) is 2. The number of carbonyl (C=O) groups is 3. The van der Waals surface area contributed by atoms with E-state index < -0.39 is 11.8 Å². The van der Waals surface area contributed by atoms with Crippen LogP contribution in [0.1, 0.15) is 56.2 Å². The van der Waals surface area contributed by atoms with Gasteiger partial charge in [-0.05, 0) is 61.6 Å². The molecule has 0 radical (unpaired) electrons. The molecule has 0 atom stereocenters. The summed E-state index contributed by atoms with van der Waals surface area (Å²) in [5.41, 5.74) is 11.5. The molecule has 1 aliphatic carbocycles. The van der Waals surface area contributed by atoms with Gasteiger partial charge in [0, 0.05) is 10.4 Å². The Morgan fingerprint density at radius 2 is 1.64 bits per heavy atom. The summed E-state index contributed by atoms with van der Waals surface area (Å²) < 4.78 is 5.14. The van der Waals surface area contributed by atoms with Crippen LogP contribution in [0.25, 0.3) is 0 Å². The molecule has 8 heteroatoms. The molecule has 1 aromatic carbocycles. The second-order valence-electron chi connectivity index (χ2n) is 6.66. The Morgan fingerprint density at radius 3 is 2.36 bits per heavy atom. The standard InChI is InChI=1S/C20H23N3O4S/c21-18(24)12-27-15-9-7-13(8-10-15)19(25)22-23-20(26)17-11-14-5-3-1-2-4-6-16(14)28-17/h7-11H,1-6,12H2,(H2,21,24)(H,22,25)(H,23,26). The number of ether oxygens (including phenoxy) is 1. The highest BCUT2D eigenvalue weighted by atomic mass is 32.1. The van der Waals surface area contributed by atoms with Crippen molar-refractivity contribution in [3.63, 3.8) is 0 Å². The van der Waals surface area contributed by atoms with Crippen LogP contribution in [0, 0.1) is 0 Å². The predicted octanol–water partition coefficient (Wildman–Crippen LogP) is 2.35. The van der Waals surface area contributed by atoms with E-state index in [2.05, 4.69) is 10.9 Å². The molecule has 1 heterocycles. The molecular formula is C20H23N3O4S. The zero-order valence-corrected chi connectivity index (χ0v) is 16.3. The van der Waals surface area contributed by atoms with Crippen LogP contribution >= 0.6 is 11.3 Å². The number of fused-ring (bicyclic) bond motifs is 1. The first-order chi connectivity index (χ1) is 13.5. The maximum absolute atomic E-state index is 12.4. The first-order valence-corrected chi connectivity index (χ1v) is 10.1. The van der Waals surface area contributed by atoms with Crippen molar-refractivity contribution in [1.82, 2.24) is 10.9 Å². The van der Waals surface area contributed by atoms with Gasteiger partial charge in [0.2, 0.25) is 0 Å². The van der Waals surface area contributed by atoms with Crippen molar-refractivity contribution in [3.05, 3.63) is 51.2 Å². The lowest BCUT2D eigenvalue weighted by Gasteiger charge is -2.07. The van der Waals surface area contributed by atoms with Gasteiger partial charge >= 0.3 is 0 Å². The molecule has 0 saturated carbocycles. The average Bonchev–Trinajstić information content (AvgIpc) is 3.06. The molecule has 2 aromatic rings. The number of primary amides is 1. The molecule has 7 nitrogen and oxygen atoms in total. The lowest BCUT2D eigenvalue weighted by Crippen LogP contribution is -2.41. The van der Waals surface area contributed by atoms with Crippen LogP contribution in [0.15, 0.2) is 30.3 Å². The summed E-state index contributed by atoms with van der Waals surface area (Å²) in [7, 11) is 0. The number of aryl methyl sites for hydroxylation is 2. The minimum absolute atomic E-state index is 0.230. The average molecular weight is 401 g/mol. The van der Waals surface area contributed by atoms with Crippen molar-refractivity contribution >= 4 is 29.1 Å². The van der Waals surface area contributed by atoms with Crippen LogP contribution in [0.4, 0.5) is 0 Å². The third-order valence-electron chi connectivity index (χ3n) is 4.51. The van der Waals surface area contributed by atoms with Crippen LogP contribution < -0.4 is 21.3 Å². The molecule has 1 aromatic heterocycles. The van der Waals surface area contributed by atoms with E-state index in [9.17, 15) is 14.4 Å². The minimum Gasteiger partial charge on any atom is -0.484 e. The van der Waals surface area contributed by atoms with Gasteiger partial charge in [0.05, 0.1) is 4.88 Å². The number of nitrogens with two attached hydrogens (primary N) is 1. The van der Waals surface area contributed by atoms with E-state index in [-0.39, 0.29) is 12.5 Å². The van der Waals surface area contributed by atoms with Crippen LogP contribution in [-0.2, 0) is 17.6 Å². The van der Waals surface area contributed by atoms with Gasteiger partial charge in [-0.15, -0.1) is 11.3 Å². The second kappa shape index (κ2) is 9.36. The lowest BCUT2D eigenvalue weighted by atomic mass is 10.00. The third-order valence-corrected chi connectivity index (χ3v) is 5.74. The van der Waals surface area contributed by atoms with Gasteiger partial charge in [0.15, 0.2) is 6.61 Å². The number of carbonyl (C=O) groups excluding carboxylic acids is 3. The van der Waals surface area contributed by atoms with Crippen molar-refractivity contribution < 1.29 is 19.1 Å². The highest BCUT2D eigenvalue weighted by Crippen LogP contribution is 2.28.